The topological polar surface area (TPSA) is 87.0 Å². The molecule has 0 aromatic rings. The summed E-state index contributed by atoms with van der Waals surface area (Å²) in [4.78, 5) is 11.0. The van der Waals surface area contributed by atoms with Crippen molar-refractivity contribution in [2.24, 2.45) is 0 Å². The number of cyclic esters (lactones) is 1. The molecule has 0 fully saturated rings. The highest BCUT2D eigenvalue weighted by molar-refractivity contribution is 5.82. The molecule has 1 rings (SSSR count). The molecule has 0 aliphatic carbocycles. The second kappa shape index (κ2) is 9.10. The van der Waals surface area contributed by atoms with Crippen LogP contribution in [0.3, 0.4) is 0 Å². The molecule has 1 aliphatic heterocycles. The van der Waals surface area contributed by atoms with Gasteiger partial charge in [0.25, 0.3) is 0 Å². The van der Waals surface area contributed by atoms with Crippen LogP contribution < -0.4 is 0 Å². The van der Waals surface area contributed by atoms with Gasteiger partial charge in [-0.15, -0.1) is 0 Å². The summed E-state index contributed by atoms with van der Waals surface area (Å²) < 4.78 is 5.06. The fraction of sp³-hybridized carbons (Fsp3) is 0.800. The molecule has 3 N–H and O–H groups in total. The van der Waals surface area contributed by atoms with Crippen molar-refractivity contribution in [2.75, 3.05) is 0 Å². The summed E-state index contributed by atoms with van der Waals surface area (Å²) in [5.74, 6) is -0.378. The van der Waals surface area contributed by atoms with Gasteiger partial charge in [0.05, 0.1) is 18.3 Å². The average molecular weight is 286 g/mol. The van der Waals surface area contributed by atoms with Gasteiger partial charge in [0.1, 0.15) is 6.10 Å². The minimum absolute atomic E-state index is 0.247. The van der Waals surface area contributed by atoms with Gasteiger partial charge in [-0.05, 0) is 25.7 Å². The monoisotopic (exact) mass is 286 g/mol. The molecule has 116 valence electrons. The number of carbonyl (C=O) groups is 1. The highest BCUT2D eigenvalue weighted by Gasteiger charge is 2.21. The van der Waals surface area contributed by atoms with Crippen LogP contribution in [0.15, 0.2) is 12.2 Å². The van der Waals surface area contributed by atoms with Crippen molar-refractivity contribution in [2.45, 2.75) is 76.3 Å². The summed E-state index contributed by atoms with van der Waals surface area (Å²) in [5.41, 5.74) is 0. The van der Waals surface area contributed by atoms with E-state index in [1.54, 1.807) is 6.08 Å². The molecule has 5 heteroatoms. The molecule has 0 saturated carbocycles. The van der Waals surface area contributed by atoms with Crippen molar-refractivity contribution in [3.63, 3.8) is 0 Å². The quantitative estimate of drug-likeness (QED) is 0.556. The summed E-state index contributed by atoms with van der Waals surface area (Å²) in [6.07, 6.45) is 4.97. The molecule has 1 heterocycles. The van der Waals surface area contributed by atoms with Gasteiger partial charge >= 0.3 is 5.97 Å². The Morgan fingerprint density at radius 2 is 1.90 bits per heavy atom. The number of carbonyl (C=O) groups excluding carboxylic acids is 1. The first-order valence-corrected chi connectivity index (χ1v) is 7.42. The molecule has 0 bridgehead atoms. The molecule has 4 atom stereocenters. The zero-order valence-corrected chi connectivity index (χ0v) is 12.1. The molecule has 0 unspecified atom stereocenters. The lowest BCUT2D eigenvalue weighted by Gasteiger charge is -2.23. The molecule has 0 spiro atoms. The molecular formula is C15H26O5. The maximum absolute atomic E-state index is 11.0. The minimum atomic E-state index is -0.697. The van der Waals surface area contributed by atoms with Gasteiger partial charge in [-0.1, -0.05) is 19.4 Å². The van der Waals surface area contributed by atoms with Gasteiger partial charge in [-0.25, -0.2) is 4.79 Å². The Labute approximate surface area is 120 Å². The van der Waals surface area contributed by atoms with Gasteiger partial charge in [0.15, 0.2) is 0 Å². The number of esters is 1. The van der Waals surface area contributed by atoms with Crippen LogP contribution in [0, 0.1) is 0 Å². The Bertz CT molecular complexity index is 315. The maximum atomic E-state index is 11.0. The van der Waals surface area contributed by atoms with E-state index in [2.05, 4.69) is 0 Å². The molecule has 0 aromatic carbocycles. The second-order valence-corrected chi connectivity index (χ2v) is 5.50. The van der Waals surface area contributed by atoms with Crippen molar-refractivity contribution in [1.29, 1.82) is 0 Å². The normalized spacial score (nSPS) is 23.2. The molecule has 0 aromatic heterocycles. The van der Waals surface area contributed by atoms with E-state index in [0.717, 1.165) is 12.8 Å². The standard InChI is InChI=1S/C15H26O5/c1-2-4-11(16)7-8-12(17)9-13(18)10-14-5-3-6-15(19)20-14/h3,6,11-14,16-18H,2,4-5,7-10H2,1H3/t11-,12-,13-,14+/m0/s1. The smallest absolute Gasteiger partial charge is 0.330 e. The summed E-state index contributed by atoms with van der Waals surface area (Å²) in [5, 5.41) is 29.3. The van der Waals surface area contributed by atoms with Gasteiger partial charge < -0.3 is 20.1 Å². The van der Waals surface area contributed by atoms with E-state index in [0.29, 0.717) is 25.7 Å². The van der Waals surface area contributed by atoms with Crippen LogP contribution in [0.4, 0.5) is 0 Å². The van der Waals surface area contributed by atoms with Gasteiger partial charge in [-0.3, -0.25) is 0 Å². The first-order valence-electron chi connectivity index (χ1n) is 7.42. The van der Waals surface area contributed by atoms with Crippen LogP contribution in [0.25, 0.3) is 0 Å². The van der Waals surface area contributed by atoms with Gasteiger partial charge in [0.2, 0.25) is 0 Å². The Hall–Kier alpha value is -0.910. The number of ether oxygens (including phenoxy) is 1. The maximum Gasteiger partial charge on any atom is 0.330 e. The van der Waals surface area contributed by atoms with E-state index in [-0.39, 0.29) is 24.6 Å². The molecule has 5 nitrogen and oxygen atoms in total. The number of aliphatic hydroxyl groups excluding tert-OH is 3. The number of hydrogen-bond donors (Lipinski definition) is 3. The van der Waals surface area contributed by atoms with Crippen LogP contribution in [-0.4, -0.2) is 45.7 Å². The number of rotatable bonds is 9. The Morgan fingerprint density at radius 3 is 2.55 bits per heavy atom. The van der Waals surface area contributed by atoms with Crippen molar-refractivity contribution in [3.8, 4) is 0 Å². The van der Waals surface area contributed by atoms with E-state index >= 15 is 0 Å². The van der Waals surface area contributed by atoms with E-state index in [4.69, 9.17) is 4.74 Å². The molecule has 0 saturated heterocycles. The predicted molar refractivity (Wildman–Crippen MR) is 75.0 cm³/mol. The first-order chi connectivity index (χ1) is 9.51. The van der Waals surface area contributed by atoms with Gasteiger partial charge in [0, 0.05) is 18.9 Å². The zero-order chi connectivity index (χ0) is 15.0. The highest BCUT2D eigenvalue weighted by Crippen LogP contribution is 2.17. The van der Waals surface area contributed by atoms with E-state index < -0.39 is 12.2 Å². The SMILES string of the molecule is CCC[C@H](O)CC[C@H](O)C[C@H](O)C[C@H]1CC=CC(=O)O1. The lowest BCUT2D eigenvalue weighted by molar-refractivity contribution is -0.145. The largest absolute Gasteiger partial charge is 0.459 e. The van der Waals surface area contributed by atoms with Crippen LogP contribution in [0.5, 0.6) is 0 Å². The van der Waals surface area contributed by atoms with Crippen LogP contribution in [-0.2, 0) is 9.53 Å². The second-order valence-electron chi connectivity index (χ2n) is 5.50. The lowest BCUT2D eigenvalue weighted by Crippen LogP contribution is -2.28. The Morgan fingerprint density at radius 1 is 1.20 bits per heavy atom. The molecule has 0 amide bonds. The third kappa shape index (κ3) is 7.03. The minimum Gasteiger partial charge on any atom is -0.459 e. The summed E-state index contributed by atoms with van der Waals surface area (Å²) in [6, 6.07) is 0. The van der Waals surface area contributed by atoms with Gasteiger partial charge in [-0.2, -0.15) is 0 Å². The zero-order valence-electron chi connectivity index (χ0n) is 12.1. The molecular weight excluding hydrogens is 260 g/mol. The van der Waals surface area contributed by atoms with Crippen molar-refractivity contribution in [3.05, 3.63) is 12.2 Å². The Kier molecular flexibility index (Phi) is 7.80. The van der Waals surface area contributed by atoms with E-state index in [1.165, 1.54) is 6.08 Å². The highest BCUT2D eigenvalue weighted by atomic mass is 16.5. The predicted octanol–water partition coefficient (Wildman–Crippen LogP) is 1.30. The third-order valence-electron chi connectivity index (χ3n) is 3.47. The fourth-order valence-corrected chi connectivity index (χ4v) is 2.41. The average Bonchev–Trinajstić information content (AvgIpc) is 2.36. The van der Waals surface area contributed by atoms with Crippen LogP contribution >= 0.6 is 0 Å². The van der Waals surface area contributed by atoms with Crippen LogP contribution in [0.2, 0.25) is 0 Å². The Balaban J connectivity index is 2.19. The fourth-order valence-electron chi connectivity index (χ4n) is 2.41. The molecule has 1 aliphatic rings. The van der Waals surface area contributed by atoms with E-state index in [1.807, 2.05) is 6.92 Å². The van der Waals surface area contributed by atoms with Crippen molar-refractivity contribution >= 4 is 5.97 Å². The first kappa shape index (κ1) is 17.1. The van der Waals surface area contributed by atoms with Crippen LogP contribution in [0.1, 0.15) is 51.9 Å². The summed E-state index contributed by atoms with van der Waals surface area (Å²) >= 11 is 0. The third-order valence-corrected chi connectivity index (χ3v) is 3.47. The lowest BCUT2D eigenvalue weighted by atomic mass is 9.98. The van der Waals surface area contributed by atoms with Crippen molar-refractivity contribution in [1.82, 2.24) is 0 Å². The van der Waals surface area contributed by atoms with E-state index in [9.17, 15) is 20.1 Å². The molecule has 0 radical (unpaired) electrons. The number of aliphatic hydroxyl groups is 3. The molecule has 20 heavy (non-hydrogen) atoms. The summed E-state index contributed by atoms with van der Waals surface area (Å²) in [6.45, 7) is 2.00. The summed E-state index contributed by atoms with van der Waals surface area (Å²) in [7, 11) is 0. The number of hydrogen-bond acceptors (Lipinski definition) is 5. The van der Waals surface area contributed by atoms with Crippen molar-refractivity contribution < 1.29 is 24.9 Å².